The van der Waals surface area contributed by atoms with Gasteiger partial charge < -0.3 is 15.5 Å². The van der Waals surface area contributed by atoms with Gasteiger partial charge in [-0.15, -0.1) is 0 Å². The summed E-state index contributed by atoms with van der Waals surface area (Å²) in [5.41, 5.74) is 0. The van der Waals surface area contributed by atoms with Crippen LogP contribution in [0.4, 0.5) is 0 Å². The highest BCUT2D eigenvalue weighted by molar-refractivity contribution is 5.79. The van der Waals surface area contributed by atoms with Gasteiger partial charge in [0.2, 0.25) is 0 Å². The van der Waals surface area contributed by atoms with Gasteiger partial charge in [-0.05, 0) is 38.9 Å². The smallest absolute Gasteiger partial charge is 0.191 e. The van der Waals surface area contributed by atoms with E-state index >= 15 is 0 Å². The summed E-state index contributed by atoms with van der Waals surface area (Å²) < 4.78 is 0. The fraction of sp³-hybridized carbons (Fsp3) is 0.929. The molecule has 4 heteroatoms. The van der Waals surface area contributed by atoms with Crippen LogP contribution in [0.15, 0.2) is 4.99 Å². The Morgan fingerprint density at radius 1 is 1.11 bits per heavy atom. The normalized spacial score (nSPS) is 12.3. The topological polar surface area (TPSA) is 39.7 Å². The van der Waals surface area contributed by atoms with E-state index in [0.29, 0.717) is 5.92 Å². The number of aliphatic imine (C=N–C) groups is 1. The molecule has 0 unspecified atom stereocenters. The summed E-state index contributed by atoms with van der Waals surface area (Å²) in [6.07, 6.45) is 1.16. The van der Waals surface area contributed by atoms with Crippen LogP contribution in [0.5, 0.6) is 0 Å². The molecular weight excluding hydrogens is 224 g/mol. The Hall–Kier alpha value is -0.770. The summed E-state index contributed by atoms with van der Waals surface area (Å²) >= 11 is 0. The van der Waals surface area contributed by atoms with Crippen LogP contribution in [-0.4, -0.2) is 50.1 Å². The summed E-state index contributed by atoms with van der Waals surface area (Å²) in [6, 6.07) is 0. The van der Waals surface area contributed by atoms with E-state index in [4.69, 9.17) is 0 Å². The highest BCUT2D eigenvalue weighted by Crippen LogP contribution is 1.92. The van der Waals surface area contributed by atoms with Crippen LogP contribution in [0.2, 0.25) is 0 Å². The summed E-state index contributed by atoms with van der Waals surface area (Å²) in [6.45, 7) is 17.1. The van der Waals surface area contributed by atoms with Gasteiger partial charge in [-0.2, -0.15) is 0 Å². The van der Waals surface area contributed by atoms with E-state index in [1.165, 1.54) is 0 Å². The molecule has 0 aromatic carbocycles. The van der Waals surface area contributed by atoms with E-state index in [1.54, 1.807) is 0 Å². The second-order valence-electron chi connectivity index (χ2n) is 4.92. The molecule has 108 valence electrons. The SMILES string of the molecule is CCNC(=NCC(C)C)NCCCN(CC)CC. The molecule has 0 spiro atoms. The van der Waals surface area contributed by atoms with Gasteiger partial charge in [0.25, 0.3) is 0 Å². The third kappa shape index (κ3) is 9.28. The number of hydrogen-bond acceptors (Lipinski definition) is 2. The van der Waals surface area contributed by atoms with E-state index < -0.39 is 0 Å². The number of rotatable bonds is 9. The Labute approximate surface area is 113 Å². The van der Waals surface area contributed by atoms with E-state index in [-0.39, 0.29) is 0 Å². The Morgan fingerprint density at radius 3 is 2.28 bits per heavy atom. The van der Waals surface area contributed by atoms with Crippen molar-refractivity contribution in [2.45, 2.75) is 41.0 Å². The average Bonchev–Trinajstić information content (AvgIpc) is 2.35. The molecule has 0 saturated heterocycles. The maximum atomic E-state index is 4.55. The van der Waals surface area contributed by atoms with E-state index in [1.807, 2.05) is 0 Å². The van der Waals surface area contributed by atoms with Gasteiger partial charge in [-0.3, -0.25) is 4.99 Å². The van der Waals surface area contributed by atoms with E-state index in [0.717, 1.165) is 51.6 Å². The number of nitrogens with one attached hydrogen (secondary N) is 2. The third-order valence-corrected chi connectivity index (χ3v) is 2.80. The Kier molecular flexibility index (Phi) is 10.8. The third-order valence-electron chi connectivity index (χ3n) is 2.80. The Balaban J connectivity index is 3.86. The zero-order valence-corrected chi connectivity index (χ0v) is 12.9. The quantitative estimate of drug-likeness (QED) is 0.376. The lowest BCUT2D eigenvalue weighted by molar-refractivity contribution is 0.300. The Morgan fingerprint density at radius 2 is 1.78 bits per heavy atom. The van der Waals surface area contributed by atoms with Crippen molar-refractivity contribution in [2.24, 2.45) is 10.9 Å². The highest BCUT2D eigenvalue weighted by Gasteiger charge is 2.00. The van der Waals surface area contributed by atoms with Gasteiger partial charge in [0.05, 0.1) is 0 Å². The summed E-state index contributed by atoms with van der Waals surface area (Å²) in [4.78, 5) is 7.00. The lowest BCUT2D eigenvalue weighted by Crippen LogP contribution is -2.39. The second kappa shape index (κ2) is 11.3. The van der Waals surface area contributed by atoms with Crippen molar-refractivity contribution in [1.82, 2.24) is 15.5 Å². The van der Waals surface area contributed by atoms with Crippen LogP contribution >= 0.6 is 0 Å². The monoisotopic (exact) mass is 256 g/mol. The molecule has 0 aliphatic carbocycles. The molecule has 2 N–H and O–H groups in total. The minimum atomic E-state index is 0.608. The first-order chi connectivity index (χ1) is 8.63. The number of guanidine groups is 1. The van der Waals surface area contributed by atoms with E-state index in [9.17, 15) is 0 Å². The molecule has 0 amide bonds. The van der Waals surface area contributed by atoms with Crippen LogP contribution in [0.1, 0.15) is 41.0 Å². The van der Waals surface area contributed by atoms with Crippen molar-refractivity contribution in [3.05, 3.63) is 0 Å². The minimum absolute atomic E-state index is 0.608. The molecular formula is C14H32N4. The molecule has 0 aromatic rings. The molecule has 0 aliphatic heterocycles. The maximum Gasteiger partial charge on any atom is 0.191 e. The van der Waals surface area contributed by atoms with Gasteiger partial charge in [-0.25, -0.2) is 0 Å². The molecule has 0 aliphatic rings. The summed E-state index contributed by atoms with van der Waals surface area (Å²) in [5.74, 6) is 1.56. The van der Waals surface area contributed by atoms with Crippen molar-refractivity contribution < 1.29 is 0 Å². The lowest BCUT2D eigenvalue weighted by Gasteiger charge is -2.18. The standard InChI is InChI=1S/C14H32N4/c1-6-15-14(17-12-13(4)5)16-10-9-11-18(7-2)8-3/h13H,6-12H2,1-5H3,(H2,15,16,17). The van der Waals surface area contributed by atoms with Crippen molar-refractivity contribution in [2.75, 3.05) is 39.3 Å². The predicted molar refractivity (Wildman–Crippen MR) is 81.2 cm³/mol. The van der Waals surface area contributed by atoms with Gasteiger partial charge in [-0.1, -0.05) is 27.7 Å². The van der Waals surface area contributed by atoms with Crippen molar-refractivity contribution >= 4 is 5.96 Å². The van der Waals surface area contributed by atoms with Crippen LogP contribution in [0.3, 0.4) is 0 Å². The predicted octanol–water partition coefficient (Wildman–Crippen LogP) is 1.93. The Bertz CT molecular complexity index is 210. The van der Waals surface area contributed by atoms with Crippen molar-refractivity contribution in [3.8, 4) is 0 Å². The van der Waals surface area contributed by atoms with Crippen LogP contribution in [0.25, 0.3) is 0 Å². The molecule has 0 rings (SSSR count). The fourth-order valence-corrected chi connectivity index (χ4v) is 1.66. The van der Waals surface area contributed by atoms with E-state index in [2.05, 4.69) is 55.1 Å². The van der Waals surface area contributed by atoms with Crippen molar-refractivity contribution in [3.63, 3.8) is 0 Å². The highest BCUT2D eigenvalue weighted by atomic mass is 15.2. The molecule has 0 heterocycles. The maximum absolute atomic E-state index is 4.55. The van der Waals surface area contributed by atoms with Crippen molar-refractivity contribution in [1.29, 1.82) is 0 Å². The first kappa shape index (κ1) is 17.2. The zero-order valence-electron chi connectivity index (χ0n) is 12.9. The molecule has 4 nitrogen and oxygen atoms in total. The molecule has 0 aromatic heterocycles. The molecule has 0 bridgehead atoms. The molecule has 0 radical (unpaired) electrons. The van der Waals surface area contributed by atoms with Gasteiger partial charge in [0.15, 0.2) is 5.96 Å². The number of hydrogen-bond donors (Lipinski definition) is 2. The van der Waals surface area contributed by atoms with Gasteiger partial charge in [0, 0.05) is 19.6 Å². The molecule has 18 heavy (non-hydrogen) atoms. The first-order valence-electron chi connectivity index (χ1n) is 7.38. The van der Waals surface area contributed by atoms with Crippen LogP contribution in [-0.2, 0) is 0 Å². The zero-order chi connectivity index (χ0) is 13.8. The molecule has 0 fully saturated rings. The average molecular weight is 256 g/mol. The molecule has 0 atom stereocenters. The van der Waals surface area contributed by atoms with Crippen LogP contribution < -0.4 is 10.6 Å². The second-order valence-corrected chi connectivity index (χ2v) is 4.92. The number of nitrogens with zero attached hydrogens (tertiary/aromatic N) is 2. The largest absolute Gasteiger partial charge is 0.357 e. The first-order valence-corrected chi connectivity index (χ1v) is 7.38. The van der Waals surface area contributed by atoms with Gasteiger partial charge >= 0.3 is 0 Å². The summed E-state index contributed by atoms with van der Waals surface area (Å²) in [5, 5.41) is 6.67. The summed E-state index contributed by atoms with van der Waals surface area (Å²) in [7, 11) is 0. The lowest BCUT2D eigenvalue weighted by atomic mass is 10.2. The van der Waals surface area contributed by atoms with Crippen LogP contribution in [0, 0.1) is 5.92 Å². The molecule has 0 saturated carbocycles. The minimum Gasteiger partial charge on any atom is -0.357 e. The van der Waals surface area contributed by atoms with Gasteiger partial charge in [0.1, 0.15) is 0 Å². The fourth-order valence-electron chi connectivity index (χ4n) is 1.66.